The van der Waals surface area contributed by atoms with Crippen LogP contribution in [-0.2, 0) is 0 Å². The molecule has 3 heteroatoms. The van der Waals surface area contributed by atoms with Gasteiger partial charge in [-0.1, -0.05) is 146 Å². The van der Waals surface area contributed by atoms with Crippen LogP contribution in [0.5, 0.6) is 0 Å². The Morgan fingerprint density at radius 2 is 0.770 bits per heavy atom. The first kappa shape index (κ1) is 34.9. The topological polar surface area (TPSA) is 13.1 Å². The van der Waals surface area contributed by atoms with Crippen LogP contribution in [-0.4, -0.2) is 9.13 Å². The molecule has 2 aromatic heterocycles. The van der Waals surface area contributed by atoms with Crippen LogP contribution in [0.25, 0.3) is 88.0 Å². The molecule has 0 bridgehead atoms. The Bertz CT molecular complexity index is 3540. The van der Waals surface area contributed by atoms with E-state index in [1.165, 1.54) is 65.6 Å². The van der Waals surface area contributed by atoms with Crippen molar-refractivity contribution >= 4 is 71.4 Å². The molecule has 12 rings (SSSR count). The molecule has 3 nitrogen and oxygen atoms in total. The molecular formula is C58H39N3. The van der Waals surface area contributed by atoms with Crippen molar-refractivity contribution in [2.24, 2.45) is 0 Å². The molecule has 0 N–H and O–H groups in total. The first-order chi connectivity index (χ1) is 30.3. The lowest BCUT2D eigenvalue weighted by atomic mass is 9.95. The van der Waals surface area contributed by atoms with Crippen LogP contribution in [0.2, 0.25) is 0 Å². The molecule has 61 heavy (non-hydrogen) atoms. The highest BCUT2D eigenvalue weighted by molar-refractivity contribution is 6.12. The van der Waals surface area contributed by atoms with Gasteiger partial charge in [0.2, 0.25) is 0 Å². The Labute approximate surface area is 354 Å². The first-order valence-electron chi connectivity index (χ1n) is 20.9. The van der Waals surface area contributed by atoms with Gasteiger partial charge in [0.15, 0.2) is 0 Å². The minimum atomic E-state index is 1.09. The molecule has 0 aliphatic rings. The molecule has 0 radical (unpaired) electrons. The molecule has 0 saturated heterocycles. The molecule has 12 aromatic rings. The van der Waals surface area contributed by atoms with Gasteiger partial charge in [-0.3, -0.25) is 0 Å². The molecule has 0 saturated carbocycles. The summed E-state index contributed by atoms with van der Waals surface area (Å²) in [4.78, 5) is 2.37. The number of hydrogen-bond acceptors (Lipinski definition) is 1. The molecule has 0 aliphatic heterocycles. The lowest BCUT2D eigenvalue weighted by Gasteiger charge is -2.27. The van der Waals surface area contributed by atoms with Crippen molar-refractivity contribution in [1.29, 1.82) is 0 Å². The van der Waals surface area contributed by atoms with Gasteiger partial charge in [0, 0.05) is 49.7 Å². The number of rotatable bonds is 7. The second-order valence-electron chi connectivity index (χ2n) is 15.8. The second-order valence-corrected chi connectivity index (χ2v) is 15.8. The number of benzene rings is 10. The zero-order valence-electron chi connectivity index (χ0n) is 33.4. The molecule has 286 valence electrons. The summed E-state index contributed by atoms with van der Waals surface area (Å²) in [6.45, 7) is 0. The van der Waals surface area contributed by atoms with Crippen molar-refractivity contribution in [3.8, 4) is 33.6 Å². The van der Waals surface area contributed by atoms with E-state index < -0.39 is 0 Å². The Morgan fingerprint density at radius 3 is 1.48 bits per heavy atom. The van der Waals surface area contributed by atoms with E-state index in [0.717, 1.165) is 39.4 Å². The van der Waals surface area contributed by atoms with Crippen LogP contribution < -0.4 is 4.90 Å². The molecule has 10 aromatic carbocycles. The minimum absolute atomic E-state index is 1.09. The zero-order chi connectivity index (χ0) is 40.3. The monoisotopic (exact) mass is 777 g/mol. The molecule has 0 spiro atoms. The van der Waals surface area contributed by atoms with Crippen LogP contribution in [0.4, 0.5) is 17.1 Å². The van der Waals surface area contributed by atoms with Crippen molar-refractivity contribution in [1.82, 2.24) is 9.13 Å². The number of fused-ring (bicyclic) bond motifs is 7. The molecule has 0 atom stereocenters. The van der Waals surface area contributed by atoms with Gasteiger partial charge in [0.1, 0.15) is 0 Å². The third-order valence-corrected chi connectivity index (χ3v) is 12.2. The van der Waals surface area contributed by atoms with E-state index in [0.29, 0.717) is 0 Å². The molecule has 2 heterocycles. The largest absolute Gasteiger partial charge is 0.310 e. The van der Waals surface area contributed by atoms with Crippen LogP contribution in [0.15, 0.2) is 237 Å². The van der Waals surface area contributed by atoms with Gasteiger partial charge >= 0.3 is 0 Å². The van der Waals surface area contributed by atoms with E-state index in [2.05, 4.69) is 251 Å². The Balaban J connectivity index is 1.11. The van der Waals surface area contributed by atoms with Crippen molar-refractivity contribution in [2.45, 2.75) is 0 Å². The fourth-order valence-corrected chi connectivity index (χ4v) is 9.50. The van der Waals surface area contributed by atoms with Crippen LogP contribution in [0.1, 0.15) is 0 Å². The van der Waals surface area contributed by atoms with Crippen LogP contribution >= 0.6 is 0 Å². The standard InChI is InChI=1S/C58H39N3/c1-4-19-45(20-5-1)59(46-21-6-2-7-22-46)48-36-43(41-32-34-57-53(38-41)51-27-13-14-28-55(51)60(57)47-23-8-3-9-24-47)35-44(37-48)42-31-33-52-50-26-12-15-29-56(50)61(58(52)39-42)54-30-16-18-40-17-10-11-25-49(40)54/h1-39H. The maximum atomic E-state index is 2.46. The number of aromatic nitrogens is 2. The maximum absolute atomic E-state index is 2.46. The Morgan fingerprint density at radius 1 is 0.262 bits per heavy atom. The minimum Gasteiger partial charge on any atom is -0.310 e. The smallest absolute Gasteiger partial charge is 0.0547 e. The number of hydrogen-bond donors (Lipinski definition) is 0. The fourth-order valence-electron chi connectivity index (χ4n) is 9.50. The Kier molecular flexibility index (Phi) is 8.17. The highest BCUT2D eigenvalue weighted by atomic mass is 15.1. The summed E-state index contributed by atoms with van der Waals surface area (Å²) in [6, 6.07) is 86.0. The first-order valence-corrected chi connectivity index (χ1v) is 20.9. The van der Waals surface area contributed by atoms with E-state index in [-0.39, 0.29) is 0 Å². The summed E-state index contributed by atoms with van der Waals surface area (Å²) in [6.07, 6.45) is 0. The van der Waals surface area contributed by atoms with E-state index in [1.54, 1.807) is 0 Å². The number of nitrogens with zero attached hydrogens (tertiary/aromatic N) is 3. The van der Waals surface area contributed by atoms with Gasteiger partial charge in [-0.15, -0.1) is 0 Å². The van der Waals surface area contributed by atoms with Gasteiger partial charge < -0.3 is 14.0 Å². The summed E-state index contributed by atoms with van der Waals surface area (Å²) >= 11 is 0. The quantitative estimate of drug-likeness (QED) is 0.157. The normalized spacial score (nSPS) is 11.6. The van der Waals surface area contributed by atoms with E-state index in [9.17, 15) is 0 Å². The molecule has 0 unspecified atom stereocenters. The molecule has 0 aliphatic carbocycles. The second kappa shape index (κ2) is 14.3. The van der Waals surface area contributed by atoms with Crippen molar-refractivity contribution in [3.05, 3.63) is 237 Å². The number of anilines is 3. The van der Waals surface area contributed by atoms with E-state index in [4.69, 9.17) is 0 Å². The molecule has 0 fully saturated rings. The van der Waals surface area contributed by atoms with Crippen LogP contribution in [0, 0.1) is 0 Å². The third kappa shape index (κ3) is 5.82. The predicted octanol–water partition coefficient (Wildman–Crippen LogP) is 15.8. The van der Waals surface area contributed by atoms with Crippen LogP contribution in [0.3, 0.4) is 0 Å². The summed E-state index contributed by atoms with van der Waals surface area (Å²) in [7, 11) is 0. The Hall–Kier alpha value is -8.14. The van der Waals surface area contributed by atoms with Gasteiger partial charge in [-0.05, 0) is 119 Å². The van der Waals surface area contributed by atoms with E-state index >= 15 is 0 Å². The average Bonchev–Trinajstić information content (AvgIpc) is 3.84. The van der Waals surface area contributed by atoms with Gasteiger partial charge in [-0.25, -0.2) is 0 Å². The van der Waals surface area contributed by atoms with E-state index in [1.807, 2.05) is 0 Å². The highest BCUT2D eigenvalue weighted by Gasteiger charge is 2.19. The maximum Gasteiger partial charge on any atom is 0.0547 e. The van der Waals surface area contributed by atoms with Gasteiger partial charge in [0.25, 0.3) is 0 Å². The van der Waals surface area contributed by atoms with Crippen molar-refractivity contribution in [2.75, 3.05) is 4.90 Å². The lowest BCUT2D eigenvalue weighted by molar-refractivity contribution is 1.18. The van der Waals surface area contributed by atoms with Crippen molar-refractivity contribution < 1.29 is 0 Å². The average molecular weight is 778 g/mol. The SMILES string of the molecule is c1ccc(N(c2ccccc2)c2cc(-c3ccc4c(c3)c3ccccc3n4-c3ccccc3)cc(-c3ccc4c5ccccc5n(-c5cccc6ccccc56)c4c3)c2)cc1. The predicted molar refractivity (Wildman–Crippen MR) is 258 cm³/mol. The summed E-state index contributed by atoms with van der Waals surface area (Å²) in [5.74, 6) is 0. The highest BCUT2D eigenvalue weighted by Crippen LogP contribution is 2.43. The summed E-state index contributed by atoms with van der Waals surface area (Å²) in [5.41, 5.74) is 15.0. The fraction of sp³-hybridized carbons (Fsp3) is 0. The van der Waals surface area contributed by atoms with Crippen molar-refractivity contribution in [3.63, 3.8) is 0 Å². The third-order valence-electron chi connectivity index (χ3n) is 12.2. The summed E-state index contributed by atoms with van der Waals surface area (Å²) < 4.78 is 4.84. The van der Waals surface area contributed by atoms with Gasteiger partial charge in [-0.2, -0.15) is 0 Å². The van der Waals surface area contributed by atoms with Gasteiger partial charge in [0.05, 0.1) is 27.8 Å². The molecule has 0 amide bonds. The zero-order valence-corrected chi connectivity index (χ0v) is 33.4. The molecular weight excluding hydrogens is 739 g/mol. The number of para-hydroxylation sites is 5. The lowest BCUT2D eigenvalue weighted by Crippen LogP contribution is -2.10. The summed E-state index contributed by atoms with van der Waals surface area (Å²) in [5, 5.41) is 7.40.